The molecule has 1 aliphatic heterocycles. The first-order chi connectivity index (χ1) is 25.4. The summed E-state index contributed by atoms with van der Waals surface area (Å²) in [5.41, 5.74) is -3.17. The first kappa shape index (κ1) is 38.1. The van der Waals surface area contributed by atoms with Gasteiger partial charge in [-0.25, -0.2) is 18.7 Å². The van der Waals surface area contributed by atoms with Crippen LogP contribution in [0.2, 0.25) is 0 Å². The maximum absolute atomic E-state index is 14.6. The van der Waals surface area contributed by atoms with Gasteiger partial charge < -0.3 is 29.7 Å². The number of ether oxygens (including phenoxy) is 3. The van der Waals surface area contributed by atoms with E-state index >= 15 is 0 Å². The van der Waals surface area contributed by atoms with Crippen molar-refractivity contribution in [2.45, 2.75) is 121 Å². The van der Waals surface area contributed by atoms with E-state index in [2.05, 4.69) is 15.6 Å². The normalized spacial score (nSPS) is 29.8. The molecular weight excluding hydrogens is 719 g/mol. The Hall–Kier alpha value is -4.18. The maximum Gasteiger partial charge on any atom is 0.408 e. The number of aromatic nitrogens is 1. The number of alkyl carbamates (subject to hydrolysis) is 1. The fourth-order valence-electron chi connectivity index (χ4n) is 8.12. The molecule has 1 saturated heterocycles. The van der Waals surface area contributed by atoms with E-state index in [1.165, 1.54) is 11.3 Å². The predicted molar refractivity (Wildman–Crippen MR) is 195 cm³/mol. The molecule has 2 aromatic rings. The van der Waals surface area contributed by atoms with Crippen LogP contribution in [0.4, 0.5) is 4.79 Å². The molecule has 15 nitrogen and oxygen atoms in total. The average Bonchev–Trinajstić information content (AvgIpc) is 4.05. The molecule has 0 spiro atoms. The summed E-state index contributed by atoms with van der Waals surface area (Å²) in [5, 5.41) is 7.15. The highest BCUT2D eigenvalue weighted by molar-refractivity contribution is 7.85. The third-order valence-corrected chi connectivity index (χ3v) is 12.8. The fraction of sp³-hybridized carbons (Fsp3) is 0.658. The van der Waals surface area contributed by atoms with Crippen LogP contribution >= 0.6 is 0 Å². The third kappa shape index (κ3) is 7.95. The number of amides is 4. The molecule has 1 aromatic carbocycles. The minimum atomic E-state index is -4.45. The van der Waals surface area contributed by atoms with Crippen LogP contribution in [0, 0.1) is 23.2 Å². The van der Waals surface area contributed by atoms with Crippen molar-refractivity contribution in [1.29, 1.82) is 0 Å². The van der Waals surface area contributed by atoms with Crippen LogP contribution in [0.1, 0.15) is 86.0 Å². The standard InChI is InChI=1S/C38H51N5O10S/c1-7-24-19-38(24,34(46)42-54(48,49)53-37(5)11-12-37)41-31(44)29-18-27(51-32-28-9-8-25(50-6)15-21(28)10-13-39-32)20-43(29)33(45)30(36(2,3)4)40-35(47)52-26-16-22-14-23(22)17-26/h8-10,13,15,22-24,26-27,29-30H,7,11-12,14,16-20H2,1-6H3,(H,40,47)(H,41,44)(H,42,46)/t22-,23+,24-,26+,27-,29+,30-,38-/m1/s1. The van der Waals surface area contributed by atoms with Crippen molar-refractivity contribution in [2.75, 3.05) is 13.7 Å². The van der Waals surface area contributed by atoms with Gasteiger partial charge in [0.05, 0.1) is 19.3 Å². The molecule has 54 heavy (non-hydrogen) atoms. The fourth-order valence-corrected chi connectivity index (χ4v) is 9.27. The Morgan fingerprint density at radius 1 is 1.04 bits per heavy atom. The monoisotopic (exact) mass is 769 g/mol. The summed E-state index contributed by atoms with van der Waals surface area (Å²) >= 11 is 0. The lowest BCUT2D eigenvalue weighted by atomic mass is 9.85. The minimum absolute atomic E-state index is 0.0301. The molecule has 294 valence electrons. The van der Waals surface area contributed by atoms with Crippen molar-refractivity contribution in [3.63, 3.8) is 0 Å². The summed E-state index contributed by atoms with van der Waals surface area (Å²) in [4.78, 5) is 61.6. The minimum Gasteiger partial charge on any atom is -0.497 e. The molecule has 0 bridgehead atoms. The lowest BCUT2D eigenvalue weighted by Crippen LogP contribution is -2.60. The molecule has 4 aliphatic carbocycles. The van der Waals surface area contributed by atoms with Gasteiger partial charge in [-0.15, -0.1) is 0 Å². The van der Waals surface area contributed by atoms with Crippen molar-refractivity contribution < 1.29 is 46.0 Å². The molecule has 8 atom stereocenters. The SMILES string of the molecule is CC[C@@H]1C[C@]1(NC(=O)[C@@H]1C[C@@H](Oc2nccc3cc(OC)ccc23)CN1C(=O)[C@@H](NC(=O)O[C@@H]1C[C@@H]2C[C@@H]2C1)C(C)(C)C)C(=O)NS(=O)(=O)OC1(C)CC1. The molecule has 1 aromatic heterocycles. The van der Waals surface area contributed by atoms with Crippen molar-refractivity contribution in [1.82, 2.24) is 25.2 Å². The van der Waals surface area contributed by atoms with Gasteiger partial charge in [-0.2, -0.15) is 8.42 Å². The Labute approximate surface area is 315 Å². The van der Waals surface area contributed by atoms with Crippen molar-refractivity contribution in [3.05, 3.63) is 30.5 Å². The van der Waals surface area contributed by atoms with Crippen LogP contribution in [-0.4, -0.2) is 91.2 Å². The number of fused-ring (bicyclic) bond motifs is 2. The molecule has 0 radical (unpaired) electrons. The summed E-state index contributed by atoms with van der Waals surface area (Å²) in [6.45, 7) is 8.90. The molecule has 5 aliphatic rings. The van der Waals surface area contributed by atoms with Crippen LogP contribution in [0.3, 0.4) is 0 Å². The van der Waals surface area contributed by atoms with E-state index in [1.807, 2.05) is 50.6 Å². The van der Waals surface area contributed by atoms with Crippen LogP contribution in [0.5, 0.6) is 11.6 Å². The molecule has 0 unspecified atom stereocenters. The van der Waals surface area contributed by atoms with Crippen LogP contribution < -0.4 is 24.8 Å². The highest BCUT2D eigenvalue weighted by Crippen LogP contribution is 2.52. The van der Waals surface area contributed by atoms with Gasteiger partial charge in [0.2, 0.25) is 17.7 Å². The second-order valence-electron chi connectivity index (χ2n) is 17.1. The second kappa shape index (κ2) is 13.8. The number of rotatable bonds is 13. The summed E-state index contributed by atoms with van der Waals surface area (Å²) in [6.07, 6.45) is 4.61. The number of pyridine rings is 1. The second-order valence-corrected chi connectivity index (χ2v) is 18.4. The van der Waals surface area contributed by atoms with Gasteiger partial charge in [0.25, 0.3) is 5.91 Å². The van der Waals surface area contributed by atoms with E-state index in [4.69, 9.17) is 18.4 Å². The Morgan fingerprint density at radius 2 is 1.76 bits per heavy atom. The third-order valence-electron chi connectivity index (χ3n) is 11.7. The average molecular weight is 770 g/mol. The van der Waals surface area contributed by atoms with E-state index in [0.717, 1.165) is 18.2 Å². The van der Waals surface area contributed by atoms with Crippen LogP contribution in [0.15, 0.2) is 30.5 Å². The number of hydrogen-bond donors (Lipinski definition) is 3. The van der Waals surface area contributed by atoms with E-state index in [0.29, 0.717) is 48.1 Å². The molecule has 7 rings (SSSR count). The lowest BCUT2D eigenvalue weighted by molar-refractivity contribution is -0.143. The number of nitrogens with zero attached hydrogens (tertiary/aromatic N) is 2. The summed E-state index contributed by atoms with van der Waals surface area (Å²) in [6, 6.07) is 5.05. The summed E-state index contributed by atoms with van der Waals surface area (Å²) in [7, 11) is -2.87. The number of carbonyl (C=O) groups is 4. The van der Waals surface area contributed by atoms with Crippen molar-refractivity contribution in [2.24, 2.45) is 23.2 Å². The molecule has 3 N–H and O–H groups in total. The number of hydrogen-bond acceptors (Lipinski definition) is 11. The number of benzene rings is 1. The van der Waals surface area contributed by atoms with Gasteiger partial charge in [-0.1, -0.05) is 34.1 Å². The first-order valence-electron chi connectivity index (χ1n) is 18.9. The zero-order chi connectivity index (χ0) is 38.8. The quantitative estimate of drug-likeness (QED) is 0.269. The Balaban J connectivity index is 1.13. The maximum atomic E-state index is 14.6. The topological polar surface area (TPSA) is 192 Å². The van der Waals surface area contributed by atoms with E-state index in [9.17, 15) is 27.6 Å². The first-order valence-corrected chi connectivity index (χ1v) is 20.3. The molecule has 16 heteroatoms. The molecule has 5 fully saturated rings. The van der Waals surface area contributed by atoms with Gasteiger partial charge in [0.1, 0.15) is 35.6 Å². The Kier molecular flexibility index (Phi) is 9.77. The number of nitrogens with one attached hydrogen (secondary N) is 3. The lowest BCUT2D eigenvalue weighted by Gasteiger charge is -2.35. The molecule has 4 amide bonds. The zero-order valence-corrected chi connectivity index (χ0v) is 32.5. The molecular formula is C38H51N5O10S. The van der Waals surface area contributed by atoms with Crippen molar-refractivity contribution in [3.8, 4) is 11.6 Å². The summed E-state index contributed by atoms with van der Waals surface area (Å²) < 4.78 is 50.3. The number of likely N-dealkylation sites (tertiary alicyclic amines) is 1. The van der Waals surface area contributed by atoms with Crippen LogP contribution in [-0.2, 0) is 33.6 Å². The van der Waals surface area contributed by atoms with Gasteiger partial charge in [0.15, 0.2) is 0 Å². The highest BCUT2D eigenvalue weighted by atomic mass is 32.2. The van der Waals surface area contributed by atoms with Crippen molar-refractivity contribution >= 4 is 44.9 Å². The van der Waals surface area contributed by atoms with Gasteiger partial charge in [-0.05, 0) is 98.3 Å². The van der Waals surface area contributed by atoms with Crippen LogP contribution in [0.25, 0.3) is 10.8 Å². The Bertz CT molecular complexity index is 1940. The van der Waals surface area contributed by atoms with Gasteiger partial charge in [0, 0.05) is 18.0 Å². The zero-order valence-electron chi connectivity index (χ0n) is 31.7. The van der Waals surface area contributed by atoms with E-state index < -0.39 is 68.9 Å². The number of carbonyl (C=O) groups excluding carboxylic acids is 4. The highest BCUT2D eigenvalue weighted by Gasteiger charge is 2.62. The molecule has 4 saturated carbocycles. The van der Waals surface area contributed by atoms with Gasteiger partial charge in [-0.3, -0.25) is 14.4 Å². The molecule has 2 heterocycles. The number of methoxy groups -OCH3 is 1. The van der Waals surface area contributed by atoms with E-state index in [1.54, 1.807) is 26.3 Å². The smallest absolute Gasteiger partial charge is 0.408 e. The largest absolute Gasteiger partial charge is 0.497 e. The van der Waals surface area contributed by atoms with Gasteiger partial charge >= 0.3 is 16.4 Å². The predicted octanol–water partition coefficient (Wildman–Crippen LogP) is 3.75. The summed E-state index contributed by atoms with van der Waals surface area (Å²) in [5.74, 6) is -0.260. The Morgan fingerprint density at radius 3 is 2.39 bits per heavy atom. The van der Waals surface area contributed by atoms with E-state index in [-0.39, 0.29) is 31.4 Å².